The standard InChI is InChI=1S/C27H42O2/c1-3-4-5-6-7-8-9-10-19-17-20-18-21(28)11-12-22(20)23-15-16-27(2)24(26(19)23)13-14-25(27)29/h11-12,18-19,23-26,28-29H,3-10,13-17H2,1-2H3/t19?,23?,24?,25-,26?,27-/m0/s1. The van der Waals surface area contributed by atoms with Crippen LogP contribution in [0.4, 0.5) is 0 Å². The first-order chi connectivity index (χ1) is 14.0. The zero-order chi connectivity index (χ0) is 20.4. The third kappa shape index (κ3) is 4.11. The van der Waals surface area contributed by atoms with Crippen LogP contribution in [0.15, 0.2) is 18.2 Å². The Hall–Kier alpha value is -1.02. The number of hydrogen-bond donors (Lipinski definition) is 2. The third-order valence-electron chi connectivity index (χ3n) is 9.01. The lowest BCUT2D eigenvalue weighted by Crippen LogP contribution is -2.47. The van der Waals surface area contributed by atoms with Crippen molar-refractivity contribution in [3.63, 3.8) is 0 Å². The number of aliphatic hydroxyl groups excluding tert-OH is 1. The molecule has 3 aliphatic rings. The molecule has 0 bridgehead atoms. The monoisotopic (exact) mass is 398 g/mol. The number of phenols is 1. The highest BCUT2D eigenvalue weighted by Gasteiger charge is 2.56. The number of aliphatic hydroxyl groups is 1. The highest BCUT2D eigenvalue weighted by Crippen LogP contribution is 2.62. The molecule has 0 amide bonds. The molecular formula is C27H42O2. The van der Waals surface area contributed by atoms with E-state index in [4.69, 9.17) is 0 Å². The van der Waals surface area contributed by atoms with E-state index >= 15 is 0 Å². The van der Waals surface area contributed by atoms with Crippen LogP contribution in [0.25, 0.3) is 0 Å². The maximum absolute atomic E-state index is 10.8. The van der Waals surface area contributed by atoms with Crippen LogP contribution in [0, 0.1) is 23.2 Å². The van der Waals surface area contributed by atoms with E-state index in [1.807, 2.05) is 12.1 Å². The molecule has 3 aliphatic carbocycles. The molecule has 2 N–H and O–H groups in total. The van der Waals surface area contributed by atoms with Crippen molar-refractivity contribution in [2.24, 2.45) is 23.2 Å². The van der Waals surface area contributed by atoms with Crippen LogP contribution >= 0.6 is 0 Å². The predicted molar refractivity (Wildman–Crippen MR) is 120 cm³/mol. The maximum Gasteiger partial charge on any atom is 0.115 e. The number of phenolic OH excluding ortho intramolecular Hbond substituents is 1. The summed E-state index contributed by atoms with van der Waals surface area (Å²) in [4.78, 5) is 0. The highest BCUT2D eigenvalue weighted by molar-refractivity contribution is 5.40. The van der Waals surface area contributed by atoms with Crippen LogP contribution in [0.3, 0.4) is 0 Å². The van der Waals surface area contributed by atoms with E-state index in [0.717, 1.165) is 31.1 Å². The molecule has 0 radical (unpaired) electrons. The third-order valence-corrected chi connectivity index (χ3v) is 9.01. The Kier molecular flexibility index (Phi) is 6.59. The van der Waals surface area contributed by atoms with Crippen molar-refractivity contribution in [2.75, 3.05) is 0 Å². The van der Waals surface area contributed by atoms with Crippen molar-refractivity contribution in [2.45, 2.75) is 109 Å². The maximum atomic E-state index is 10.8. The van der Waals surface area contributed by atoms with Gasteiger partial charge in [0.2, 0.25) is 0 Å². The second-order valence-corrected chi connectivity index (χ2v) is 10.7. The van der Waals surface area contributed by atoms with E-state index in [-0.39, 0.29) is 11.5 Å². The van der Waals surface area contributed by atoms with Gasteiger partial charge in [-0.25, -0.2) is 0 Å². The molecular weight excluding hydrogens is 356 g/mol. The Morgan fingerprint density at radius 3 is 2.55 bits per heavy atom. The lowest BCUT2D eigenvalue weighted by atomic mass is 9.52. The van der Waals surface area contributed by atoms with Crippen molar-refractivity contribution >= 4 is 0 Å². The normalized spacial score (nSPS) is 35.8. The molecule has 4 unspecified atom stereocenters. The first-order valence-electron chi connectivity index (χ1n) is 12.5. The highest BCUT2D eigenvalue weighted by atomic mass is 16.3. The van der Waals surface area contributed by atoms with E-state index in [2.05, 4.69) is 19.9 Å². The molecule has 4 rings (SSSR count). The fraction of sp³-hybridized carbons (Fsp3) is 0.778. The molecule has 0 aromatic heterocycles. The van der Waals surface area contributed by atoms with Crippen LogP contribution in [0.5, 0.6) is 5.75 Å². The quantitative estimate of drug-likeness (QED) is 0.464. The van der Waals surface area contributed by atoms with Gasteiger partial charge in [0.1, 0.15) is 5.75 Å². The molecule has 2 saturated carbocycles. The average Bonchev–Trinajstić information content (AvgIpc) is 3.01. The van der Waals surface area contributed by atoms with E-state index in [0.29, 0.717) is 17.6 Å². The summed E-state index contributed by atoms with van der Waals surface area (Å²) < 4.78 is 0. The van der Waals surface area contributed by atoms with Gasteiger partial charge in [-0.1, -0.05) is 64.9 Å². The summed E-state index contributed by atoms with van der Waals surface area (Å²) in [7, 11) is 0. The van der Waals surface area contributed by atoms with Gasteiger partial charge in [0.05, 0.1) is 6.10 Å². The predicted octanol–water partition coefficient (Wildman–Crippen LogP) is 6.98. The van der Waals surface area contributed by atoms with E-state index in [9.17, 15) is 10.2 Å². The van der Waals surface area contributed by atoms with Gasteiger partial charge in [0.25, 0.3) is 0 Å². The van der Waals surface area contributed by atoms with Crippen molar-refractivity contribution in [3.8, 4) is 5.75 Å². The molecule has 0 spiro atoms. The number of benzene rings is 1. The number of aromatic hydroxyl groups is 1. The van der Waals surface area contributed by atoms with Gasteiger partial charge in [-0.05, 0) is 90.9 Å². The summed E-state index contributed by atoms with van der Waals surface area (Å²) in [6, 6.07) is 6.14. The lowest BCUT2D eigenvalue weighted by molar-refractivity contribution is -0.0396. The molecule has 2 heteroatoms. The van der Waals surface area contributed by atoms with Crippen LogP contribution in [0.1, 0.15) is 108 Å². The lowest BCUT2D eigenvalue weighted by Gasteiger charge is -2.53. The largest absolute Gasteiger partial charge is 0.508 e. The van der Waals surface area contributed by atoms with Crippen LogP contribution in [-0.4, -0.2) is 16.3 Å². The topological polar surface area (TPSA) is 40.5 Å². The molecule has 1 aromatic carbocycles. The minimum absolute atomic E-state index is 0.103. The number of fused-ring (bicyclic) bond motifs is 5. The fourth-order valence-electron chi connectivity index (χ4n) is 7.39. The average molecular weight is 399 g/mol. The summed E-state index contributed by atoms with van der Waals surface area (Å²) in [5, 5.41) is 20.9. The van der Waals surface area contributed by atoms with Gasteiger partial charge in [-0.15, -0.1) is 0 Å². The summed E-state index contributed by atoms with van der Waals surface area (Å²) in [5.74, 6) is 3.18. The second kappa shape index (κ2) is 9.00. The van der Waals surface area contributed by atoms with Crippen molar-refractivity contribution < 1.29 is 10.2 Å². The fourth-order valence-corrected chi connectivity index (χ4v) is 7.39. The Balaban J connectivity index is 1.48. The summed E-state index contributed by atoms with van der Waals surface area (Å²) in [6.45, 7) is 4.66. The Morgan fingerprint density at radius 2 is 1.76 bits per heavy atom. The zero-order valence-electron chi connectivity index (χ0n) is 18.7. The Bertz CT molecular complexity index is 683. The van der Waals surface area contributed by atoms with Gasteiger partial charge in [-0.2, -0.15) is 0 Å². The second-order valence-electron chi connectivity index (χ2n) is 10.7. The SMILES string of the molecule is CCCCCCCCCC1Cc2cc(O)ccc2C2CC[C@@]3(C)C(CC[C@@H]3O)C12. The minimum Gasteiger partial charge on any atom is -0.508 e. The zero-order valence-corrected chi connectivity index (χ0v) is 18.7. The van der Waals surface area contributed by atoms with E-state index in [1.54, 1.807) is 0 Å². The molecule has 0 aliphatic heterocycles. The van der Waals surface area contributed by atoms with E-state index < -0.39 is 0 Å². The van der Waals surface area contributed by atoms with Gasteiger partial charge < -0.3 is 10.2 Å². The molecule has 2 fully saturated rings. The number of hydrogen-bond acceptors (Lipinski definition) is 2. The van der Waals surface area contributed by atoms with Crippen LogP contribution < -0.4 is 0 Å². The molecule has 2 nitrogen and oxygen atoms in total. The summed E-state index contributed by atoms with van der Waals surface area (Å²) in [6.07, 6.45) is 16.5. The Labute approximate surface area is 178 Å². The van der Waals surface area contributed by atoms with Gasteiger partial charge in [0, 0.05) is 0 Å². The molecule has 162 valence electrons. The first kappa shape index (κ1) is 21.2. The number of rotatable bonds is 8. The van der Waals surface area contributed by atoms with Crippen molar-refractivity contribution in [1.29, 1.82) is 0 Å². The van der Waals surface area contributed by atoms with Gasteiger partial charge >= 0.3 is 0 Å². The van der Waals surface area contributed by atoms with Crippen molar-refractivity contribution in [1.82, 2.24) is 0 Å². The molecule has 1 aromatic rings. The summed E-state index contributed by atoms with van der Waals surface area (Å²) in [5.41, 5.74) is 3.04. The minimum atomic E-state index is -0.103. The number of unbranched alkanes of at least 4 members (excludes halogenated alkanes) is 6. The molecule has 0 heterocycles. The molecule has 6 atom stereocenters. The van der Waals surface area contributed by atoms with Gasteiger partial charge in [-0.3, -0.25) is 0 Å². The molecule has 0 saturated heterocycles. The summed E-state index contributed by atoms with van der Waals surface area (Å²) >= 11 is 0. The Morgan fingerprint density at radius 1 is 1.00 bits per heavy atom. The van der Waals surface area contributed by atoms with Crippen LogP contribution in [0.2, 0.25) is 0 Å². The first-order valence-corrected chi connectivity index (χ1v) is 12.5. The van der Waals surface area contributed by atoms with Gasteiger partial charge in [0.15, 0.2) is 0 Å². The van der Waals surface area contributed by atoms with Crippen LogP contribution in [-0.2, 0) is 6.42 Å². The van der Waals surface area contributed by atoms with E-state index in [1.165, 1.54) is 75.3 Å². The van der Waals surface area contributed by atoms with Crippen molar-refractivity contribution in [3.05, 3.63) is 29.3 Å². The molecule has 29 heavy (non-hydrogen) atoms. The smallest absolute Gasteiger partial charge is 0.115 e.